The number of benzene rings is 2. The first-order chi connectivity index (χ1) is 18.3. The Kier molecular flexibility index (Phi) is 6.23. The molecule has 2 aliphatic rings. The Hall–Kier alpha value is -3.63. The minimum Gasteiger partial charge on any atom is -0.497 e. The SMILES string of the molecule is COc1ccc2c(c1)CCc1c-2nc2c(C(=O)N3CCN(Cc4cc(F)cc(F)c4F)CC3)cnn2c1Cl. The van der Waals surface area contributed by atoms with Crippen molar-refractivity contribution in [2.45, 2.75) is 19.4 Å². The van der Waals surface area contributed by atoms with Crippen LogP contribution in [0.15, 0.2) is 36.5 Å². The molecule has 196 valence electrons. The number of carbonyl (C=O) groups is 1. The lowest BCUT2D eigenvalue weighted by Crippen LogP contribution is -2.48. The van der Waals surface area contributed by atoms with Crippen molar-refractivity contribution < 1.29 is 22.7 Å². The molecule has 11 heteroatoms. The Morgan fingerprint density at radius 2 is 1.87 bits per heavy atom. The van der Waals surface area contributed by atoms with Gasteiger partial charge in [-0.05, 0) is 42.7 Å². The maximum absolute atomic E-state index is 14.1. The second-order valence-corrected chi connectivity index (χ2v) is 9.83. The molecular formula is C27H23ClF3N5O2. The van der Waals surface area contributed by atoms with Crippen LogP contribution >= 0.6 is 11.6 Å². The van der Waals surface area contributed by atoms with Gasteiger partial charge in [0.25, 0.3) is 5.91 Å². The summed E-state index contributed by atoms with van der Waals surface area (Å²) < 4.78 is 48.1. The number of halogens is 4. The third kappa shape index (κ3) is 4.17. The average molecular weight is 542 g/mol. The molecule has 3 heterocycles. The van der Waals surface area contributed by atoms with E-state index in [2.05, 4.69) is 5.10 Å². The summed E-state index contributed by atoms with van der Waals surface area (Å²) in [6.07, 6.45) is 2.96. The van der Waals surface area contributed by atoms with E-state index in [4.69, 9.17) is 21.3 Å². The van der Waals surface area contributed by atoms with E-state index in [1.807, 2.05) is 23.1 Å². The number of ether oxygens (including phenoxy) is 1. The first-order valence-corrected chi connectivity index (χ1v) is 12.6. The maximum atomic E-state index is 14.1. The van der Waals surface area contributed by atoms with E-state index in [-0.39, 0.29) is 18.0 Å². The highest BCUT2D eigenvalue weighted by Gasteiger charge is 2.29. The number of piperazine rings is 1. The number of aromatic nitrogens is 3. The van der Waals surface area contributed by atoms with E-state index in [0.29, 0.717) is 55.0 Å². The molecule has 0 radical (unpaired) electrons. The lowest BCUT2D eigenvalue weighted by molar-refractivity contribution is 0.0628. The van der Waals surface area contributed by atoms with Crippen LogP contribution in [0.3, 0.4) is 0 Å². The average Bonchev–Trinajstić information content (AvgIpc) is 3.35. The van der Waals surface area contributed by atoms with Gasteiger partial charge >= 0.3 is 0 Å². The molecule has 0 spiro atoms. The maximum Gasteiger partial charge on any atom is 0.259 e. The predicted molar refractivity (Wildman–Crippen MR) is 135 cm³/mol. The summed E-state index contributed by atoms with van der Waals surface area (Å²) in [6, 6.07) is 7.35. The summed E-state index contributed by atoms with van der Waals surface area (Å²) in [5.41, 5.74) is 4.33. The Morgan fingerprint density at radius 1 is 1.08 bits per heavy atom. The van der Waals surface area contributed by atoms with E-state index in [1.54, 1.807) is 12.0 Å². The van der Waals surface area contributed by atoms with Crippen molar-refractivity contribution in [3.05, 3.63) is 81.4 Å². The molecule has 38 heavy (non-hydrogen) atoms. The number of carbonyl (C=O) groups excluding carboxylic acids is 1. The van der Waals surface area contributed by atoms with Crippen LogP contribution in [0, 0.1) is 17.5 Å². The van der Waals surface area contributed by atoms with Crippen molar-refractivity contribution in [1.82, 2.24) is 24.4 Å². The third-order valence-corrected chi connectivity index (χ3v) is 7.63. The number of rotatable bonds is 4. The molecule has 4 aromatic rings. The summed E-state index contributed by atoms with van der Waals surface area (Å²) in [6.45, 7) is 1.60. The van der Waals surface area contributed by atoms with E-state index in [0.717, 1.165) is 40.6 Å². The quantitative estimate of drug-likeness (QED) is 0.281. The molecule has 7 nitrogen and oxygen atoms in total. The van der Waals surface area contributed by atoms with Gasteiger partial charge in [0.05, 0.1) is 19.0 Å². The number of nitrogens with zero attached hydrogens (tertiary/aromatic N) is 5. The van der Waals surface area contributed by atoms with Gasteiger partial charge in [-0.15, -0.1) is 0 Å². The first-order valence-electron chi connectivity index (χ1n) is 12.2. The molecule has 1 aliphatic heterocycles. The van der Waals surface area contributed by atoms with E-state index in [1.165, 1.54) is 10.7 Å². The van der Waals surface area contributed by atoms with E-state index < -0.39 is 17.5 Å². The van der Waals surface area contributed by atoms with Crippen LogP contribution in [-0.2, 0) is 19.4 Å². The number of hydrogen-bond acceptors (Lipinski definition) is 5. The molecule has 2 aromatic heterocycles. The number of aryl methyl sites for hydroxylation is 1. The fraction of sp³-hybridized carbons (Fsp3) is 0.296. The molecular weight excluding hydrogens is 519 g/mol. The van der Waals surface area contributed by atoms with Crippen molar-refractivity contribution >= 4 is 23.2 Å². The fourth-order valence-electron chi connectivity index (χ4n) is 5.23. The Labute approximate surface area is 221 Å². The normalized spacial score (nSPS) is 15.4. The number of hydrogen-bond donors (Lipinski definition) is 0. The smallest absolute Gasteiger partial charge is 0.259 e. The molecule has 1 fully saturated rings. The van der Waals surface area contributed by atoms with Crippen LogP contribution in [0.2, 0.25) is 5.15 Å². The van der Waals surface area contributed by atoms with Crippen LogP contribution in [0.4, 0.5) is 13.2 Å². The predicted octanol–water partition coefficient (Wildman–Crippen LogP) is 4.53. The molecule has 0 N–H and O–H groups in total. The minimum atomic E-state index is -1.21. The van der Waals surface area contributed by atoms with Gasteiger partial charge < -0.3 is 9.64 Å². The zero-order valence-electron chi connectivity index (χ0n) is 20.5. The summed E-state index contributed by atoms with van der Waals surface area (Å²) in [5, 5.41) is 4.78. The van der Waals surface area contributed by atoms with Gasteiger partial charge in [0.1, 0.15) is 22.3 Å². The molecule has 2 aromatic carbocycles. The number of methoxy groups -OCH3 is 1. The van der Waals surface area contributed by atoms with Gasteiger partial charge in [0, 0.05) is 55.5 Å². The molecule has 1 saturated heterocycles. The summed E-state index contributed by atoms with van der Waals surface area (Å²) >= 11 is 6.74. The zero-order valence-corrected chi connectivity index (χ0v) is 21.2. The van der Waals surface area contributed by atoms with E-state index in [9.17, 15) is 18.0 Å². The molecule has 0 saturated carbocycles. The largest absolute Gasteiger partial charge is 0.497 e. The Bertz CT molecular complexity index is 1580. The van der Waals surface area contributed by atoms with Gasteiger partial charge in [-0.1, -0.05) is 11.6 Å². The summed E-state index contributed by atoms with van der Waals surface area (Å²) in [7, 11) is 1.63. The second-order valence-electron chi connectivity index (χ2n) is 9.48. The van der Waals surface area contributed by atoms with Crippen molar-refractivity contribution in [2.24, 2.45) is 0 Å². The zero-order chi connectivity index (χ0) is 26.6. The molecule has 0 bridgehead atoms. The third-order valence-electron chi connectivity index (χ3n) is 7.25. The van der Waals surface area contributed by atoms with Crippen LogP contribution < -0.4 is 4.74 Å². The molecule has 0 unspecified atom stereocenters. The van der Waals surface area contributed by atoms with Gasteiger partial charge in [0.2, 0.25) is 0 Å². The van der Waals surface area contributed by atoms with Crippen LogP contribution in [0.5, 0.6) is 5.75 Å². The molecule has 6 rings (SSSR count). The number of fused-ring (bicyclic) bond motifs is 4. The van der Waals surface area contributed by atoms with Crippen molar-refractivity contribution in [3.63, 3.8) is 0 Å². The van der Waals surface area contributed by atoms with Crippen molar-refractivity contribution in [3.8, 4) is 17.0 Å². The summed E-state index contributed by atoms with van der Waals surface area (Å²) in [4.78, 5) is 21.9. The molecule has 1 aliphatic carbocycles. The Balaban J connectivity index is 1.24. The Morgan fingerprint density at radius 3 is 2.63 bits per heavy atom. The monoisotopic (exact) mass is 541 g/mol. The molecule has 0 atom stereocenters. The summed E-state index contributed by atoms with van der Waals surface area (Å²) in [5.74, 6) is -2.56. The second kappa shape index (κ2) is 9.59. The highest BCUT2D eigenvalue weighted by Crippen LogP contribution is 2.38. The first kappa shape index (κ1) is 24.7. The van der Waals surface area contributed by atoms with Crippen LogP contribution in [0.1, 0.15) is 27.0 Å². The van der Waals surface area contributed by atoms with Gasteiger partial charge in [-0.25, -0.2) is 22.7 Å². The van der Waals surface area contributed by atoms with Crippen LogP contribution in [-0.4, -0.2) is 63.6 Å². The van der Waals surface area contributed by atoms with Gasteiger partial charge in [-0.2, -0.15) is 5.10 Å². The fourth-order valence-corrected chi connectivity index (χ4v) is 5.53. The van der Waals surface area contributed by atoms with E-state index >= 15 is 0 Å². The molecule has 1 amide bonds. The minimum absolute atomic E-state index is 0.0484. The lowest BCUT2D eigenvalue weighted by atomic mass is 9.89. The van der Waals surface area contributed by atoms with Gasteiger partial charge in [-0.3, -0.25) is 9.69 Å². The highest BCUT2D eigenvalue weighted by molar-refractivity contribution is 6.31. The lowest BCUT2D eigenvalue weighted by Gasteiger charge is -2.34. The standard InChI is InChI=1S/C27H23ClF3N5O2/c1-38-18-3-5-19-15(11-18)2-4-20-24(19)33-26-21(13-32-36(26)25(20)28)27(37)35-8-6-34(7-9-35)14-16-10-17(29)12-22(30)23(16)31/h3,5,10-13H,2,4,6-9,14H2,1H3. The topological polar surface area (TPSA) is 63.0 Å². The van der Waals surface area contributed by atoms with Gasteiger partial charge in [0.15, 0.2) is 17.3 Å². The van der Waals surface area contributed by atoms with Crippen LogP contribution in [0.25, 0.3) is 16.9 Å². The van der Waals surface area contributed by atoms with Crippen molar-refractivity contribution in [1.29, 1.82) is 0 Å². The van der Waals surface area contributed by atoms with Crippen molar-refractivity contribution in [2.75, 3.05) is 33.3 Å². The number of amides is 1. The highest BCUT2D eigenvalue weighted by atomic mass is 35.5.